The number of unbranched alkanes of at least 4 members (excludes halogenated alkanes) is 1. The molecule has 2 nitrogen and oxygen atoms in total. The molecule has 72 valence electrons. The van der Waals surface area contributed by atoms with Crippen molar-refractivity contribution in [2.45, 2.75) is 51.4 Å². The van der Waals surface area contributed by atoms with Gasteiger partial charge in [0.25, 0.3) is 0 Å². The molecule has 13 heavy (non-hydrogen) atoms. The maximum Gasteiger partial charge on any atom is 0.0689 e. The van der Waals surface area contributed by atoms with E-state index in [0.717, 1.165) is 32.1 Å². The van der Waals surface area contributed by atoms with Gasteiger partial charge >= 0.3 is 0 Å². The van der Waals surface area contributed by atoms with E-state index in [1.165, 1.54) is 25.5 Å². The van der Waals surface area contributed by atoms with Gasteiger partial charge in [-0.25, -0.2) is 0 Å². The summed E-state index contributed by atoms with van der Waals surface area (Å²) in [6.45, 7) is 0. The van der Waals surface area contributed by atoms with Gasteiger partial charge in [0.15, 0.2) is 0 Å². The molecule has 0 unspecified atom stereocenters. The lowest BCUT2D eigenvalue weighted by atomic mass is 9.72. The van der Waals surface area contributed by atoms with E-state index in [1.54, 1.807) is 0 Å². The Labute approximate surface area is 80.5 Å². The van der Waals surface area contributed by atoms with E-state index in [-0.39, 0.29) is 5.41 Å². The van der Waals surface area contributed by atoms with Gasteiger partial charge in [0.05, 0.1) is 11.5 Å². The first-order valence-electron chi connectivity index (χ1n) is 5.23. The number of rotatable bonds is 4. The summed E-state index contributed by atoms with van der Waals surface area (Å²) in [5.74, 6) is 0. The Bertz CT molecular complexity index is 197. The molecule has 0 heterocycles. The van der Waals surface area contributed by atoms with Crippen molar-refractivity contribution in [3.8, 4) is 6.07 Å². The van der Waals surface area contributed by atoms with E-state index >= 15 is 0 Å². The van der Waals surface area contributed by atoms with Crippen LogP contribution in [0.25, 0.3) is 0 Å². The second-order valence-electron chi connectivity index (χ2n) is 4.05. The Hall–Kier alpha value is -0.840. The predicted octanol–water partition coefficient (Wildman–Crippen LogP) is 3.28. The standard InChI is InChI=1S/C11H18N2/c12-9-5-4-8-11(10-13)6-2-1-3-7-11/h9,12H,1-8H2. The van der Waals surface area contributed by atoms with Crippen molar-refractivity contribution in [2.24, 2.45) is 5.41 Å². The summed E-state index contributed by atoms with van der Waals surface area (Å²) in [5.41, 5.74) is -0.0265. The summed E-state index contributed by atoms with van der Waals surface area (Å²) in [6, 6.07) is 2.50. The monoisotopic (exact) mass is 178 g/mol. The predicted molar refractivity (Wildman–Crippen MR) is 53.8 cm³/mol. The summed E-state index contributed by atoms with van der Waals surface area (Å²) in [4.78, 5) is 0. The minimum atomic E-state index is -0.0265. The Morgan fingerprint density at radius 1 is 1.31 bits per heavy atom. The molecule has 0 spiro atoms. The van der Waals surface area contributed by atoms with Crippen molar-refractivity contribution >= 4 is 6.21 Å². The number of nitriles is 1. The van der Waals surface area contributed by atoms with Crippen LogP contribution in [0.4, 0.5) is 0 Å². The van der Waals surface area contributed by atoms with Crippen molar-refractivity contribution in [3.05, 3.63) is 0 Å². The number of hydrogen-bond acceptors (Lipinski definition) is 2. The zero-order chi connectivity index (χ0) is 9.57. The molecule has 0 radical (unpaired) electrons. The molecular weight excluding hydrogens is 160 g/mol. The highest BCUT2D eigenvalue weighted by atomic mass is 14.4. The molecule has 1 rings (SSSR count). The molecule has 0 saturated heterocycles. The molecule has 1 aliphatic carbocycles. The van der Waals surface area contributed by atoms with Gasteiger partial charge in [-0.15, -0.1) is 0 Å². The maximum absolute atomic E-state index is 9.13. The lowest BCUT2D eigenvalue weighted by Gasteiger charge is -2.30. The zero-order valence-corrected chi connectivity index (χ0v) is 8.18. The van der Waals surface area contributed by atoms with Crippen molar-refractivity contribution in [1.82, 2.24) is 0 Å². The van der Waals surface area contributed by atoms with E-state index in [9.17, 15) is 0 Å². The van der Waals surface area contributed by atoms with Crippen LogP contribution < -0.4 is 0 Å². The van der Waals surface area contributed by atoms with Gasteiger partial charge in [0, 0.05) is 0 Å². The van der Waals surface area contributed by atoms with Crippen molar-refractivity contribution in [3.63, 3.8) is 0 Å². The van der Waals surface area contributed by atoms with Crippen LogP contribution in [0, 0.1) is 22.2 Å². The minimum absolute atomic E-state index is 0.0265. The fourth-order valence-electron chi connectivity index (χ4n) is 2.19. The maximum atomic E-state index is 9.13. The first-order chi connectivity index (χ1) is 6.33. The third-order valence-electron chi connectivity index (χ3n) is 3.05. The van der Waals surface area contributed by atoms with Crippen molar-refractivity contribution < 1.29 is 0 Å². The largest absolute Gasteiger partial charge is 0.313 e. The topological polar surface area (TPSA) is 47.6 Å². The molecule has 0 aromatic carbocycles. The number of nitrogens with one attached hydrogen (secondary N) is 1. The van der Waals surface area contributed by atoms with Crippen LogP contribution in [0.3, 0.4) is 0 Å². The fourth-order valence-corrected chi connectivity index (χ4v) is 2.19. The number of nitrogens with zero attached hydrogens (tertiary/aromatic N) is 1. The summed E-state index contributed by atoms with van der Waals surface area (Å²) < 4.78 is 0. The van der Waals surface area contributed by atoms with Crippen LogP contribution in [0.15, 0.2) is 0 Å². The summed E-state index contributed by atoms with van der Waals surface area (Å²) >= 11 is 0. The van der Waals surface area contributed by atoms with Gasteiger partial charge in [-0.1, -0.05) is 19.3 Å². The molecule has 1 N–H and O–H groups in total. The number of hydrogen-bond donors (Lipinski definition) is 1. The van der Waals surface area contributed by atoms with Crippen LogP contribution in [0.5, 0.6) is 0 Å². The van der Waals surface area contributed by atoms with Crippen molar-refractivity contribution in [2.75, 3.05) is 0 Å². The lowest BCUT2D eigenvalue weighted by Crippen LogP contribution is -2.21. The Morgan fingerprint density at radius 2 is 2.00 bits per heavy atom. The first kappa shape index (κ1) is 10.2. The van der Waals surface area contributed by atoms with Crippen LogP contribution in [0.1, 0.15) is 51.4 Å². The summed E-state index contributed by atoms with van der Waals surface area (Å²) in [7, 11) is 0. The SMILES string of the molecule is N#CC1(CCCC=N)CCCCC1. The molecule has 1 fully saturated rings. The second-order valence-corrected chi connectivity index (χ2v) is 4.05. The second kappa shape index (κ2) is 5.01. The molecule has 0 aromatic rings. The zero-order valence-electron chi connectivity index (χ0n) is 8.18. The van der Waals surface area contributed by atoms with E-state index in [0.29, 0.717) is 0 Å². The normalized spacial score (nSPS) is 20.5. The molecule has 0 aromatic heterocycles. The average molecular weight is 178 g/mol. The molecule has 2 heteroatoms. The Morgan fingerprint density at radius 3 is 2.54 bits per heavy atom. The van der Waals surface area contributed by atoms with Crippen LogP contribution in [-0.2, 0) is 0 Å². The molecule has 0 bridgehead atoms. The molecule has 0 aliphatic heterocycles. The van der Waals surface area contributed by atoms with Crippen LogP contribution >= 0.6 is 0 Å². The van der Waals surface area contributed by atoms with Crippen LogP contribution in [-0.4, -0.2) is 6.21 Å². The van der Waals surface area contributed by atoms with Gasteiger partial charge in [-0.2, -0.15) is 5.26 Å². The highest BCUT2D eigenvalue weighted by molar-refractivity contribution is 5.52. The summed E-state index contributed by atoms with van der Waals surface area (Å²) in [6.07, 6.45) is 10.2. The summed E-state index contributed by atoms with van der Waals surface area (Å²) in [5, 5.41) is 16.1. The molecule has 0 atom stereocenters. The van der Waals surface area contributed by atoms with E-state index in [1.807, 2.05) is 0 Å². The Balaban J connectivity index is 2.39. The lowest BCUT2D eigenvalue weighted by molar-refractivity contribution is 0.245. The van der Waals surface area contributed by atoms with Gasteiger partial charge in [0.2, 0.25) is 0 Å². The van der Waals surface area contributed by atoms with Gasteiger partial charge in [0.1, 0.15) is 0 Å². The highest BCUT2D eigenvalue weighted by Gasteiger charge is 2.30. The molecular formula is C11H18N2. The van der Waals surface area contributed by atoms with Gasteiger partial charge < -0.3 is 5.41 Å². The van der Waals surface area contributed by atoms with E-state index < -0.39 is 0 Å². The minimum Gasteiger partial charge on any atom is -0.313 e. The molecule has 1 saturated carbocycles. The molecule has 1 aliphatic rings. The van der Waals surface area contributed by atoms with Crippen molar-refractivity contribution in [1.29, 1.82) is 10.7 Å². The average Bonchev–Trinajstić information content (AvgIpc) is 2.20. The van der Waals surface area contributed by atoms with E-state index in [4.69, 9.17) is 10.7 Å². The van der Waals surface area contributed by atoms with Gasteiger partial charge in [-0.3, -0.25) is 0 Å². The smallest absolute Gasteiger partial charge is 0.0689 e. The third kappa shape index (κ3) is 2.84. The van der Waals surface area contributed by atoms with Gasteiger partial charge in [-0.05, 0) is 38.3 Å². The van der Waals surface area contributed by atoms with Crippen LogP contribution in [0.2, 0.25) is 0 Å². The highest BCUT2D eigenvalue weighted by Crippen LogP contribution is 2.39. The van der Waals surface area contributed by atoms with E-state index in [2.05, 4.69) is 6.07 Å². The molecule has 0 amide bonds. The quantitative estimate of drug-likeness (QED) is 0.521. The fraction of sp³-hybridized carbons (Fsp3) is 0.818. The third-order valence-corrected chi connectivity index (χ3v) is 3.05. The Kier molecular flexibility index (Phi) is 3.95. The first-order valence-corrected chi connectivity index (χ1v) is 5.23.